The smallest absolute Gasteiger partial charge is 0.255 e. The molecule has 0 aliphatic rings. The predicted octanol–water partition coefficient (Wildman–Crippen LogP) is 2.21. The van der Waals surface area contributed by atoms with Gasteiger partial charge in [0.2, 0.25) is 0 Å². The molecule has 0 aliphatic carbocycles. The molecular weight excluding hydrogens is 228 g/mol. The third-order valence-corrected chi connectivity index (χ3v) is 2.60. The Balaban J connectivity index is 2.63. The van der Waals surface area contributed by atoms with Crippen LogP contribution in [0.3, 0.4) is 0 Å². The number of para-hydroxylation sites is 1. The van der Waals surface area contributed by atoms with Crippen LogP contribution in [-0.4, -0.2) is 17.4 Å². The second-order valence-electron chi connectivity index (χ2n) is 3.79. The molecular formula is C14H14N2O2. The molecule has 0 atom stereocenters. The number of rotatable bonds is 3. The van der Waals surface area contributed by atoms with Crippen molar-refractivity contribution in [3.05, 3.63) is 64.6 Å². The lowest BCUT2D eigenvalue weighted by Gasteiger charge is -2.10. The van der Waals surface area contributed by atoms with E-state index >= 15 is 0 Å². The van der Waals surface area contributed by atoms with Gasteiger partial charge in [0.25, 0.3) is 5.56 Å². The molecule has 92 valence electrons. The van der Waals surface area contributed by atoms with Gasteiger partial charge in [0, 0.05) is 17.8 Å². The van der Waals surface area contributed by atoms with E-state index in [1.165, 1.54) is 13.2 Å². The zero-order valence-corrected chi connectivity index (χ0v) is 10.3. The average Bonchev–Trinajstić information content (AvgIpc) is 2.40. The van der Waals surface area contributed by atoms with Gasteiger partial charge in [-0.2, -0.15) is 0 Å². The summed E-state index contributed by atoms with van der Waals surface area (Å²) in [6.07, 6.45) is 1.74. The van der Waals surface area contributed by atoms with Gasteiger partial charge in [-0.05, 0) is 19.1 Å². The molecule has 0 spiro atoms. The zero-order valence-electron chi connectivity index (χ0n) is 10.3. The van der Waals surface area contributed by atoms with Gasteiger partial charge in [0.05, 0.1) is 11.4 Å². The Bertz CT molecular complexity index is 629. The standard InChI is InChI=1S/C14H14N2O2/c1-11(15-18-2)12-7-3-4-8-13(12)16-10-6-5-9-14(16)17/h3-10H,1-2H3/b15-11+. The third-order valence-electron chi connectivity index (χ3n) is 2.60. The van der Waals surface area contributed by atoms with E-state index in [-0.39, 0.29) is 5.56 Å². The molecule has 0 aliphatic heterocycles. The highest BCUT2D eigenvalue weighted by molar-refractivity contribution is 6.01. The molecule has 2 aromatic rings. The Morgan fingerprint density at radius 3 is 2.61 bits per heavy atom. The van der Waals surface area contributed by atoms with Crippen molar-refractivity contribution in [2.45, 2.75) is 6.92 Å². The van der Waals surface area contributed by atoms with E-state index in [1.807, 2.05) is 37.3 Å². The van der Waals surface area contributed by atoms with Gasteiger partial charge in [0.15, 0.2) is 0 Å². The monoisotopic (exact) mass is 242 g/mol. The van der Waals surface area contributed by atoms with Crippen LogP contribution < -0.4 is 5.56 Å². The van der Waals surface area contributed by atoms with Gasteiger partial charge in [-0.15, -0.1) is 0 Å². The van der Waals surface area contributed by atoms with Crippen LogP contribution in [0.4, 0.5) is 0 Å². The molecule has 0 amide bonds. The van der Waals surface area contributed by atoms with Crippen molar-refractivity contribution in [1.29, 1.82) is 0 Å². The fraction of sp³-hybridized carbons (Fsp3) is 0.143. The second-order valence-corrected chi connectivity index (χ2v) is 3.79. The van der Waals surface area contributed by atoms with Crippen LogP contribution in [-0.2, 0) is 4.84 Å². The summed E-state index contributed by atoms with van der Waals surface area (Å²) in [6.45, 7) is 1.84. The molecule has 0 bridgehead atoms. The second kappa shape index (κ2) is 5.31. The predicted molar refractivity (Wildman–Crippen MR) is 71.3 cm³/mol. The topological polar surface area (TPSA) is 43.6 Å². The summed E-state index contributed by atoms with van der Waals surface area (Å²) in [7, 11) is 1.50. The molecule has 2 rings (SSSR count). The minimum absolute atomic E-state index is 0.0739. The number of benzene rings is 1. The number of oxime groups is 1. The van der Waals surface area contributed by atoms with Gasteiger partial charge >= 0.3 is 0 Å². The summed E-state index contributed by atoms with van der Waals surface area (Å²) in [5.74, 6) is 0. The summed E-state index contributed by atoms with van der Waals surface area (Å²) < 4.78 is 1.59. The van der Waals surface area contributed by atoms with Gasteiger partial charge in [-0.1, -0.05) is 29.4 Å². The molecule has 0 N–H and O–H groups in total. The molecule has 0 unspecified atom stereocenters. The van der Waals surface area contributed by atoms with Gasteiger partial charge in [-0.3, -0.25) is 9.36 Å². The van der Waals surface area contributed by atoms with E-state index in [1.54, 1.807) is 16.8 Å². The van der Waals surface area contributed by atoms with Crippen LogP contribution in [0, 0.1) is 0 Å². The van der Waals surface area contributed by atoms with Crippen molar-refractivity contribution < 1.29 is 4.84 Å². The number of hydrogen-bond donors (Lipinski definition) is 0. The van der Waals surface area contributed by atoms with Crippen LogP contribution in [0.25, 0.3) is 5.69 Å². The summed E-state index contributed by atoms with van der Waals surface area (Å²) in [5.41, 5.74) is 2.31. The lowest BCUT2D eigenvalue weighted by Crippen LogP contribution is -2.18. The normalized spacial score (nSPS) is 11.3. The first kappa shape index (κ1) is 12.1. The van der Waals surface area contributed by atoms with E-state index in [0.29, 0.717) is 0 Å². The van der Waals surface area contributed by atoms with Crippen LogP contribution in [0.15, 0.2) is 58.6 Å². The van der Waals surface area contributed by atoms with E-state index in [2.05, 4.69) is 5.16 Å². The minimum Gasteiger partial charge on any atom is -0.399 e. The van der Waals surface area contributed by atoms with Crippen LogP contribution in [0.1, 0.15) is 12.5 Å². The summed E-state index contributed by atoms with van der Waals surface area (Å²) in [4.78, 5) is 16.6. The number of aromatic nitrogens is 1. The first-order valence-electron chi connectivity index (χ1n) is 5.59. The fourth-order valence-electron chi connectivity index (χ4n) is 1.80. The largest absolute Gasteiger partial charge is 0.399 e. The summed E-state index contributed by atoms with van der Waals surface area (Å²) >= 11 is 0. The van der Waals surface area contributed by atoms with Gasteiger partial charge in [-0.25, -0.2) is 0 Å². The fourth-order valence-corrected chi connectivity index (χ4v) is 1.80. The third kappa shape index (κ3) is 2.32. The molecule has 1 aromatic heterocycles. The molecule has 0 saturated heterocycles. The number of nitrogens with zero attached hydrogens (tertiary/aromatic N) is 2. The number of pyridine rings is 1. The van der Waals surface area contributed by atoms with Gasteiger partial charge < -0.3 is 4.84 Å². The van der Waals surface area contributed by atoms with E-state index < -0.39 is 0 Å². The molecule has 1 heterocycles. The lowest BCUT2D eigenvalue weighted by atomic mass is 10.1. The van der Waals surface area contributed by atoms with E-state index in [4.69, 9.17) is 4.84 Å². The summed E-state index contributed by atoms with van der Waals surface area (Å²) in [6, 6.07) is 12.6. The first-order valence-corrected chi connectivity index (χ1v) is 5.59. The van der Waals surface area contributed by atoms with Crippen molar-refractivity contribution in [2.24, 2.45) is 5.16 Å². The van der Waals surface area contributed by atoms with Crippen molar-refractivity contribution in [1.82, 2.24) is 4.57 Å². The molecule has 4 nitrogen and oxygen atoms in total. The van der Waals surface area contributed by atoms with Crippen LogP contribution in [0.5, 0.6) is 0 Å². The Labute approximate surface area is 105 Å². The molecule has 0 radical (unpaired) electrons. The highest BCUT2D eigenvalue weighted by Gasteiger charge is 2.07. The Kier molecular flexibility index (Phi) is 3.57. The Morgan fingerprint density at radius 2 is 1.89 bits per heavy atom. The average molecular weight is 242 g/mol. The highest BCUT2D eigenvalue weighted by atomic mass is 16.6. The van der Waals surface area contributed by atoms with E-state index in [0.717, 1.165) is 17.0 Å². The van der Waals surface area contributed by atoms with Gasteiger partial charge in [0.1, 0.15) is 7.11 Å². The zero-order chi connectivity index (χ0) is 13.0. The summed E-state index contributed by atoms with van der Waals surface area (Å²) in [5, 5.41) is 3.91. The Hall–Kier alpha value is -2.36. The molecule has 1 aromatic carbocycles. The quantitative estimate of drug-likeness (QED) is 0.611. The minimum atomic E-state index is -0.0739. The van der Waals surface area contributed by atoms with Crippen molar-refractivity contribution in [3.8, 4) is 5.69 Å². The van der Waals surface area contributed by atoms with Crippen molar-refractivity contribution in [2.75, 3.05) is 7.11 Å². The molecule has 0 saturated carbocycles. The molecule has 4 heteroatoms. The highest BCUT2D eigenvalue weighted by Crippen LogP contribution is 2.13. The van der Waals surface area contributed by atoms with Crippen LogP contribution in [0.2, 0.25) is 0 Å². The lowest BCUT2D eigenvalue weighted by molar-refractivity contribution is 0.213. The first-order chi connectivity index (χ1) is 8.74. The maximum atomic E-state index is 11.8. The Morgan fingerprint density at radius 1 is 1.17 bits per heavy atom. The molecule has 18 heavy (non-hydrogen) atoms. The molecule has 0 fully saturated rings. The maximum Gasteiger partial charge on any atom is 0.255 e. The van der Waals surface area contributed by atoms with E-state index in [9.17, 15) is 4.79 Å². The van der Waals surface area contributed by atoms with Crippen molar-refractivity contribution in [3.63, 3.8) is 0 Å². The van der Waals surface area contributed by atoms with Crippen LogP contribution >= 0.6 is 0 Å². The maximum absolute atomic E-state index is 11.8. The number of hydrogen-bond acceptors (Lipinski definition) is 3. The SMILES string of the molecule is CO/N=C(\C)c1ccccc1-n1ccccc1=O. The van der Waals surface area contributed by atoms with Crippen molar-refractivity contribution >= 4 is 5.71 Å².